The molecule has 33 heavy (non-hydrogen) atoms. The Labute approximate surface area is 195 Å². The van der Waals surface area contributed by atoms with Gasteiger partial charge in [-0.2, -0.15) is 0 Å². The van der Waals surface area contributed by atoms with Crippen molar-refractivity contribution in [2.75, 3.05) is 19.8 Å². The van der Waals surface area contributed by atoms with E-state index in [1.54, 1.807) is 0 Å². The molecule has 1 aliphatic rings. The lowest BCUT2D eigenvalue weighted by Gasteiger charge is -2.31. The van der Waals surface area contributed by atoms with Gasteiger partial charge in [0.05, 0.1) is 19.3 Å². The zero-order valence-corrected chi connectivity index (χ0v) is 19.6. The smallest absolute Gasteiger partial charge is 0.161 e. The molecular formula is C29H32N2O2. The monoisotopic (exact) mass is 440 g/mol. The summed E-state index contributed by atoms with van der Waals surface area (Å²) in [5.74, 6) is 2.38. The summed E-state index contributed by atoms with van der Waals surface area (Å²) in [5, 5.41) is 5.11. The molecule has 1 aromatic heterocycles. The summed E-state index contributed by atoms with van der Waals surface area (Å²) in [6, 6.07) is 25.8. The number of ether oxygens (including phenoxy) is 2. The van der Waals surface area contributed by atoms with Gasteiger partial charge in [-0.15, -0.1) is 0 Å². The highest BCUT2D eigenvalue weighted by Crippen LogP contribution is 2.42. The summed E-state index contributed by atoms with van der Waals surface area (Å²) < 4.78 is 12.0. The predicted molar refractivity (Wildman–Crippen MR) is 134 cm³/mol. The molecule has 0 saturated carbocycles. The molecule has 4 aromatic rings. The van der Waals surface area contributed by atoms with Gasteiger partial charge in [0, 0.05) is 29.1 Å². The summed E-state index contributed by atoms with van der Waals surface area (Å²) in [7, 11) is 0. The third-order valence-electron chi connectivity index (χ3n) is 6.32. The van der Waals surface area contributed by atoms with Crippen LogP contribution in [-0.4, -0.2) is 24.7 Å². The highest BCUT2D eigenvalue weighted by molar-refractivity contribution is 5.86. The molecule has 2 atom stereocenters. The van der Waals surface area contributed by atoms with Crippen LogP contribution in [-0.2, 0) is 0 Å². The Morgan fingerprint density at radius 3 is 2.45 bits per heavy atom. The molecule has 0 fully saturated rings. The fourth-order valence-corrected chi connectivity index (χ4v) is 4.83. The minimum Gasteiger partial charge on any atom is -0.490 e. The lowest BCUT2D eigenvalue weighted by atomic mass is 9.83. The normalized spacial score (nSPS) is 17.8. The van der Waals surface area contributed by atoms with Crippen LogP contribution in [0, 0.1) is 5.92 Å². The average Bonchev–Trinajstić information content (AvgIpc) is 3.23. The summed E-state index contributed by atoms with van der Waals surface area (Å²) in [5.41, 5.74) is 6.31. The maximum atomic E-state index is 6.03. The number of hydrogen-bond donors (Lipinski definition) is 2. The van der Waals surface area contributed by atoms with Crippen LogP contribution in [0.2, 0.25) is 0 Å². The molecule has 0 unspecified atom stereocenters. The van der Waals surface area contributed by atoms with E-state index in [2.05, 4.69) is 96.9 Å². The van der Waals surface area contributed by atoms with E-state index in [9.17, 15) is 0 Å². The van der Waals surface area contributed by atoms with Crippen molar-refractivity contribution in [1.29, 1.82) is 0 Å². The second-order valence-corrected chi connectivity index (χ2v) is 9.15. The minimum atomic E-state index is 0.0608. The van der Waals surface area contributed by atoms with Crippen molar-refractivity contribution in [2.45, 2.75) is 32.7 Å². The van der Waals surface area contributed by atoms with Crippen LogP contribution >= 0.6 is 0 Å². The van der Waals surface area contributed by atoms with Gasteiger partial charge in [-0.05, 0) is 47.7 Å². The lowest BCUT2D eigenvalue weighted by Crippen LogP contribution is -2.34. The van der Waals surface area contributed by atoms with Crippen LogP contribution in [0.1, 0.15) is 55.1 Å². The van der Waals surface area contributed by atoms with Gasteiger partial charge in [-0.25, -0.2) is 0 Å². The van der Waals surface area contributed by atoms with Gasteiger partial charge in [0.15, 0.2) is 11.5 Å². The molecule has 2 N–H and O–H groups in total. The number of benzene rings is 3. The molecule has 0 amide bonds. The molecule has 0 aliphatic carbocycles. The number of hydrogen-bond acceptors (Lipinski definition) is 3. The zero-order chi connectivity index (χ0) is 22.8. The van der Waals surface area contributed by atoms with Crippen molar-refractivity contribution in [3.63, 3.8) is 0 Å². The van der Waals surface area contributed by atoms with Crippen LogP contribution in [0.25, 0.3) is 10.9 Å². The lowest BCUT2D eigenvalue weighted by molar-refractivity contribution is 0.248. The van der Waals surface area contributed by atoms with Crippen LogP contribution in [0.4, 0.5) is 0 Å². The number of aromatic nitrogens is 1. The topological polar surface area (TPSA) is 46.3 Å². The maximum absolute atomic E-state index is 6.03. The first-order chi connectivity index (χ1) is 16.2. The van der Waals surface area contributed by atoms with Gasteiger partial charge in [0.1, 0.15) is 0 Å². The van der Waals surface area contributed by atoms with E-state index in [0.717, 1.165) is 18.0 Å². The first-order valence-electron chi connectivity index (χ1n) is 11.9. The molecule has 4 heteroatoms. The number of aromatic amines is 1. The second-order valence-electron chi connectivity index (χ2n) is 9.15. The molecule has 0 bridgehead atoms. The third-order valence-corrected chi connectivity index (χ3v) is 6.32. The largest absolute Gasteiger partial charge is 0.490 e. The van der Waals surface area contributed by atoms with Gasteiger partial charge in [-0.3, -0.25) is 0 Å². The minimum absolute atomic E-state index is 0.0608. The molecule has 0 saturated heterocycles. The van der Waals surface area contributed by atoms with Crippen LogP contribution in [0.3, 0.4) is 0 Å². The van der Waals surface area contributed by atoms with Crippen molar-refractivity contribution in [3.8, 4) is 11.5 Å². The molecule has 170 valence electrons. The SMILES string of the molecule is CCOc1cc([C@H]2NC[C@H](c3ccccc3)c3c2[nH]c2ccccc32)ccc1OCC(C)C. The summed E-state index contributed by atoms with van der Waals surface area (Å²) in [6.07, 6.45) is 0. The Hall–Kier alpha value is -3.24. The number of fused-ring (bicyclic) bond motifs is 3. The van der Waals surface area contributed by atoms with Crippen molar-refractivity contribution in [1.82, 2.24) is 10.3 Å². The number of para-hydroxylation sites is 1. The maximum Gasteiger partial charge on any atom is 0.161 e. The Kier molecular flexibility index (Phi) is 6.10. The van der Waals surface area contributed by atoms with Crippen molar-refractivity contribution >= 4 is 10.9 Å². The number of H-pyrrole nitrogens is 1. The molecular weight excluding hydrogens is 408 g/mol. The van der Waals surface area contributed by atoms with E-state index in [-0.39, 0.29) is 6.04 Å². The Balaban J connectivity index is 1.58. The van der Waals surface area contributed by atoms with Gasteiger partial charge in [0.2, 0.25) is 0 Å². The van der Waals surface area contributed by atoms with E-state index >= 15 is 0 Å². The number of rotatable bonds is 7. The van der Waals surface area contributed by atoms with E-state index in [1.165, 1.54) is 33.3 Å². The van der Waals surface area contributed by atoms with E-state index in [1.807, 2.05) is 6.92 Å². The first kappa shape index (κ1) is 21.6. The Morgan fingerprint density at radius 1 is 0.879 bits per heavy atom. The zero-order valence-electron chi connectivity index (χ0n) is 19.6. The van der Waals surface area contributed by atoms with Crippen LogP contribution < -0.4 is 14.8 Å². The van der Waals surface area contributed by atoms with Crippen molar-refractivity contribution in [3.05, 3.63) is 95.2 Å². The predicted octanol–water partition coefficient (Wildman–Crippen LogP) is 6.43. The quantitative estimate of drug-likeness (QED) is 0.348. The Morgan fingerprint density at radius 2 is 1.67 bits per heavy atom. The van der Waals surface area contributed by atoms with Gasteiger partial charge in [-0.1, -0.05) is 68.4 Å². The van der Waals surface area contributed by atoms with Crippen molar-refractivity contribution < 1.29 is 9.47 Å². The fourth-order valence-electron chi connectivity index (χ4n) is 4.83. The standard InChI is InChI=1S/C29H32N2O2/c1-4-32-26-16-21(14-15-25(26)33-18-19(2)3)28-29-27(22-12-8-9-13-24(22)31-29)23(17-30-28)20-10-6-5-7-11-20/h5-16,19,23,28,30-31H,4,17-18H2,1-3H3/t23-,28-/m1/s1. The van der Waals surface area contributed by atoms with E-state index in [0.29, 0.717) is 25.0 Å². The van der Waals surface area contributed by atoms with E-state index < -0.39 is 0 Å². The highest BCUT2D eigenvalue weighted by Gasteiger charge is 2.32. The fraction of sp³-hybridized carbons (Fsp3) is 0.310. The molecule has 5 rings (SSSR count). The van der Waals surface area contributed by atoms with Crippen molar-refractivity contribution in [2.24, 2.45) is 5.92 Å². The third kappa shape index (κ3) is 4.23. The molecule has 2 heterocycles. The molecule has 1 aliphatic heterocycles. The van der Waals surface area contributed by atoms with Crippen LogP contribution in [0.5, 0.6) is 11.5 Å². The van der Waals surface area contributed by atoms with Gasteiger partial charge >= 0.3 is 0 Å². The molecule has 0 spiro atoms. The molecule has 0 radical (unpaired) electrons. The van der Waals surface area contributed by atoms with Gasteiger partial charge < -0.3 is 19.8 Å². The van der Waals surface area contributed by atoms with Gasteiger partial charge in [0.25, 0.3) is 0 Å². The second kappa shape index (κ2) is 9.32. The molecule has 4 nitrogen and oxygen atoms in total. The Bertz CT molecular complexity index is 1230. The first-order valence-corrected chi connectivity index (χ1v) is 11.9. The summed E-state index contributed by atoms with van der Waals surface area (Å²) in [4.78, 5) is 3.74. The van der Waals surface area contributed by atoms with Crippen LogP contribution in [0.15, 0.2) is 72.8 Å². The molecule has 3 aromatic carbocycles. The summed E-state index contributed by atoms with van der Waals surface area (Å²) in [6.45, 7) is 8.47. The highest BCUT2D eigenvalue weighted by atomic mass is 16.5. The van der Waals surface area contributed by atoms with E-state index in [4.69, 9.17) is 9.47 Å². The summed E-state index contributed by atoms with van der Waals surface area (Å²) >= 11 is 0. The number of nitrogens with one attached hydrogen (secondary N) is 2. The average molecular weight is 441 g/mol.